The van der Waals surface area contributed by atoms with Gasteiger partial charge in [-0.15, -0.1) is 0 Å². The number of rotatable bonds is 10. The van der Waals surface area contributed by atoms with Crippen molar-refractivity contribution in [1.29, 1.82) is 0 Å². The van der Waals surface area contributed by atoms with Crippen LogP contribution in [0.1, 0.15) is 51.9 Å². The minimum absolute atomic E-state index is 0.277. The first-order valence-corrected chi connectivity index (χ1v) is 8.85. The first kappa shape index (κ1) is 16.8. The molecule has 0 aliphatic rings. The molecule has 0 saturated carbocycles. The van der Waals surface area contributed by atoms with Crippen LogP contribution in [0.5, 0.6) is 0 Å². The normalized spacial score (nSPS) is 12.8. The number of hydrogen-bond donors (Lipinski definition) is 2. The molecule has 0 amide bonds. The molecule has 0 heterocycles. The van der Waals surface area contributed by atoms with Gasteiger partial charge in [0.05, 0.1) is 5.75 Å². The summed E-state index contributed by atoms with van der Waals surface area (Å²) >= 11 is 0. The molecule has 0 aromatic carbocycles. The average Bonchev–Trinajstić information content (AvgIpc) is 2.12. The van der Waals surface area contributed by atoms with Crippen LogP contribution >= 0.6 is 0 Å². The molecule has 0 saturated heterocycles. The summed E-state index contributed by atoms with van der Waals surface area (Å²) in [6.07, 6.45) is 6.65. The molecule has 0 unspecified atom stereocenters. The van der Waals surface area contributed by atoms with E-state index in [1.54, 1.807) is 0 Å². The lowest BCUT2D eigenvalue weighted by Gasteiger charge is -2.03. The minimum Gasteiger partial charge on any atom is -0.273 e. The number of hydrogen-bond acceptors (Lipinski definition) is 4. The van der Waals surface area contributed by atoms with Crippen LogP contribution in [0.15, 0.2) is 0 Å². The van der Waals surface area contributed by atoms with Crippen LogP contribution in [-0.4, -0.2) is 27.1 Å². The van der Waals surface area contributed by atoms with Crippen molar-refractivity contribution in [3.63, 3.8) is 0 Å². The van der Waals surface area contributed by atoms with Gasteiger partial charge in [-0.1, -0.05) is 49.6 Å². The third-order valence-electron chi connectivity index (χ3n) is 2.25. The largest absolute Gasteiger partial charge is 0.346 e. The van der Waals surface area contributed by atoms with Gasteiger partial charge < -0.3 is 0 Å². The van der Waals surface area contributed by atoms with Gasteiger partial charge in [0.15, 0.2) is 0 Å². The Kier molecular flexibility index (Phi) is 7.93. The Morgan fingerprint density at radius 3 is 1.82 bits per heavy atom. The molecule has 0 aliphatic carbocycles. The summed E-state index contributed by atoms with van der Waals surface area (Å²) < 4.78 is 52.4. The lowest BCUT2D eigenvalue weighted by molar-refractivity contribution is 0.477. The summed E-state index contributed by atoms with van der Waals surface area (Å²) in [6, 6.07) is 0. The summed E-state index contributed by atoms with van der Waals surface area (Å²) in [7, 11) is -8.60. The van der Waals surface area contributed by atoms with Gasteiger partial charge in [0, 0.05) is 0 Å². The van der Waals surface area contributed by atoms with Crippen molar-refractivity contribution in [3.8, 4) is 0 Å². The van der Waals surface area contributed by atoms with Gasteiger partial charge in [-0.2, -0.15) is 8.42 Å². The van der Waals surface area contributed by atoms with Crippen LogP contribution in [0.2, 0.25) is 0 Å². The number of sulfonamides is 1. The molecule has 0 bridgehead atoms. The van der Waals surface area contributed by atoms with Gasteiger partial charge in [-0.3, -0.25) is 4.55 Å². The van der Waals surface area contributed by atoms with E-state index in [4.69, 9.17) is 4.55 Å². The van der Waals surface area contributed by atoms with Gasteiger partial charge in [-0.05, 0) is 6.42 Å². The van der Waals surface area contributed by atoms with Crippen LogP contribution in [0.4, 0.5) is 0 Å². The third-order valence-corrected chi connectivity index (χ3v) is 4.93. The number of nitrogens with one attached hydrogen (secondary N) is 1. The standard InChI is InChI=1S/C9H21NO5S2/c1-2-3-4-5-6-7-8-9-16(11,12)10-17(13,14)15/h10H,2-9H2,1H3,(H,13,14,15). The second-order valence-corrected chi connectivity index (χ2v) is 7.25. The van der Waals surface area contributed by atoms with E-state index in [1.165, 1.54) is 10.5 Å². The van der Waals surface area contributed by atoms with Crippen molar-refractivity contribution in [2.75, 3.05) is 5.75 Å². The Morgan fingerprint density at radius 2 is 1.35 bits per heavy atom. The van der Waals surface area contributed by atoms with E-state index in [0.29, 0.717) is 6.42 Å². The van der Waals surface area contributed by atoms with Crippen molar-refractivity contribution in [2.45, 2.75) is 51.9 Å². The van der Waals surface area contributed by atoms with Crippen LogP contribution in [0.3, 0.4) is 0 Å². The van der Waals surface area contributed by atoms with Crippen molar-refractivity contribution in [1.82, 2.24) is 4.13 Å². The van der Waals surface area contributed by atoms with Crippen LogP contribution < -0.4 is 4.13 Å². The summed E-state index contributed by atoms with van der Waals surface area (Å²) in [5.41, 5.74) is 0. The van der Waals surface area contributed by atoms with Gasteiger partial charge in [0.2, 0.25) is 10.0 Å². The SMILES string of the molecule is CCCCCCCCCS(=O)(=O)NS(=O)(=O)O. The lowest BCUT2D eigenvalue weighted by Crippen LogP contribution is -2.31. The molecule has 0 aliphatic heterocycles. The Hall–Kier alpha value is -0.180. The molecule has 0 rings (SSSR count). The number of unbranched alkanes of at least 4 members (excludes halogenated alkanes) is 6. The minimum atomic E-state index is -4.67. The van der Waals surface area contributed by atoms with Crippen LogP contribution in [0, 0.1) is 0 Å². The van der Waals surface area contributed by atoms with E-state index in [-0.39, 0.29) is 5.75 Å². The molecule has 2 N–H and O–H groups in total. The van der Waals surface area contributed by atoms with Gasteiger partial charge in [0.25, 0.3) is 0 Å². The molecule has 6 nitrogen and oxygen atoms in total. The predicted molar refractivity (Wildman–Crippen MR) is 66.5 cm³/mol. The topological polar surface area (TPSA) is 101 Å². The predicted octanol–water partition coefficient (Wildman–Crippen LogP) is 1.46. The fourth-order valence-electron chi connectivity index (χ4n) is 1.45. The quantitative estimate of drug-likeness (QED) is 0.468. The fraction of sp³-hybridized carbons (Fsp3) is 1.00. The smallest absolute Gasteiger partial charge is 0.273 e. The van der Waals surface area contributed by atoms with Crippen molar-refractivity contribution < 1.29 is 21.4 Å². The maximum Gasteiger partial charge on any atom is 0.346 e. The Morgan fingerprint density at radius 1 is 0.882 bits per heavy atom. The molecule has 0 spiro atoms. The summed E-state index contributed by atoms with van der Waals surface area (Å²) in [5, 5.41) is 0. The van der Waals surface area contributed by atoms with Crippen LogP contribution in [-0.2, 0) is 20.3 Å². The molecular weight excluding hydrogens is 266 g/mol. The summed E-state index contributed by atoms with van der Waals surface area (Å²) in [6.45, 7) is 2.12. The second-order valence-electron chi connectivity index (χ2n) is 4.00. The zero-order valence-electron chi connectivity index (χ0n) is 10.1. The Bertz CT molecular complexity index is 388. The Balaban J connectivity index is 3.67. The van der Waals surface area contributed by atoms with Crippen molar-refractivity contribution in [2.24, 2.45) is 0 Å². The zero-order chi connectivity index (χ0) is 13.4. The van der Waals surface area contributed by atoms with E-state index in [0.717, 1.165) is 32.1 Å². The molecule has 0 aromatic heterocycles. The molecule has 17 heavy (non-hydrogen) atoms. The highest BCUT2D eigenvalue weighted by Gasteiger charge is 2.17. The maximum absolute atomic E-state index is 11.1. The third kappa shape index (κ3) is 12.1. The first-order valence-electron chi connectivity index (χ1n) is 5.75. The highest BCUT2D eigenvalue weighted by Crippen LogP contribution is 2.07. The molecule has 0 radical (unpaired) electrons. The monoisotopic (exact) mass is 287 g/mol. The highest BCUT2D eigenvalue weighted by atomic mass is 32.3. The molecule has 8 heteroatoms. The molecule has 0 atom stereocenters. The van der Waals surface area contributed by atoms with E-state index in [9.17, 15) is 16.8 Å². The summed E-state index contributed by atoms with van der Waals surface area (Å²) in [4.78, 5) is 0. The van der Waals surface area contributed by atoms with E-state index in [1.807, 2.05) is 0 Å². The molecule has 0 aromatic rings. The van der Waals surface area contributed by atoms with Gasteiger partial charge in [-0.25, -0.2) is 8.42 Å². The van der Waals surface area contributed by atoms with Crippen molar-refractivity contribution in [3.05, 3.63) is 0 Å². The fourth-order valence-corrected chi connectivity index (χ4v) is 3.65. The molecule has 0 fully saturated rings. The maximum atomic E-state index is 11.1. The van der Waals surface area contributed by atoms with Crippen LogP contribution in [0.25, 0.3) is 0 Å². The highest BCUT2D eigenvalue weighted by molar-refractivity contribution is 8.02. The molecule has 104 valence electrons. The van der Waals surface area contributed by atoms with Crippen molar-refractivity contribution >= 4 is 20.3 Å². The Labute approximate surface area is 104 Å². The second kappa shape index (κ2) is 8.02. The van der Waals surface area contributed by atoms with Gasteiger partial charge >= 0.3 is 10.3 Å². The summed E-state index contributed by atoms with van der Waals surface area (Å²) in [5.74, 6) is -0.277. The van der Waals surface area contributed by atoms with E-state index >= 15 is 0 Å². The lowest BCUT2D eigenvalue weighted by atomic mass is 10.1. The zero-order valence-corrected chi connectivity index (χ0v) is 11.7. The first-order chi connectivity index (χ1) is 7.77. The van der Waals surface area contributed by atoms with E-state index in [2.05, 4.69) is 6.92 Å². The van der Waals surface area contributed by atoms with E-state index < -0.39 is 20.3 Å². The molecular formula is C9H21NO5S2. The average molecular weight is 287 g/mol. The van der Waals surface area contributed by atoms with Gasteiger partial charge in [0.1, 0.15) is 0 Å².